The van der Waals surface area contributed by atoms with Crippen molar-refractivity contribution in [2.45, 2.75) is 0 Å². The number of rotatable bonds is 3. The molecule has 78 valence electrons. The number of hydrogen-bond acceptors (Lipinski definition) is 3. The Bertz CT molecular complexity index is 438. The molecule has 0 aliphatic heterocycles. The number of benzene rings is 1. The van der Waals surface area contributed by atoms with Gasteiger partial charge in [-0.2, -0.15) is 5.10 Å². The lowest BCUT2D eigenvalue weighted by molar-refractivity contribution is 0.329. The van der Waals surface area contributed by atoms with Gasteiger partial charge in [0.15, 0.2) is 5.75 Å². The molecule has 0 saturated heterocycles. The maximum atomic E-state index is 12.7. The summed E-state index contributed by atoms with van der Waals surface area (Å²) in [6.07, 6.45) is 3.23. The molecule has 0 spiro atoms. The minimum Gasteiger partial charge on any atom is -0.475 e. The minimum absolute atomic E-state index is 0.106. The van der Waals surface area contributed by atoms with E-state index in [9.17, 15) is 4.39 Å². The van der Waals surface area contributed by atoms with Crippen LogP contribution in [0.1, 0.15) is 0 Å². The molecule has 0 radical (unpaired) electrons. The Labute approximate surface area is 86.1 Å². The number of ether oxygens (including phenoxy) is 1. The van der Waals surface area contributed by atoms with Crippen LogP contribution < -0.4 is 10.5 Å². The maximum Gasteiger partial charge on any atom is 0.159 e. The van der Waals surface area contributed by atoms with Gasteiger partial charge in [0, 0.05) is 0 Å². The van der Waals surface area contributed by atoms with Gasteiger partial charge in [-0.15, -0.1) is 0 Å². The average molecular weight is 207 g/mol. The SMILES string of the molecule is NCOc1cnn(-c2ccc(F)cc2)c1. The van der Waals surface area contributed by atoms with Crippen LogP contribution in [0, 0.1) is 5.82 Å². The number of aromatic nitrogens is 2. The van der Waals surface area contributed by atoms with Crippen molar-refractivity contribution in [2.24, 2.45) is 5.73 Å². The second kappa shape index (κ2) is 4.10. The van der Waals surface area contributed by atoms with Crippen LogP contribution in [0.4, 0.5) is 4.39 Å². The van der Waals surface area contributed by atoms with Gasteiger partial charge in [0.25, 0.3) is 0 Å². The van der Waals surface area contributed by atoms with E-state index in [2.05, 4.69) is 5.10 Å². The molecule has 2 aromatic rings. The number of halogens is 1. The van der Waals surface area contributed by atoms with Crippen molar-refractivity contribution >= 4 is 0 Å². The summed E-state index contributed by atoms with van der Waals surface area (Å²) < 4.78 is 19.3. The van der Waals surface area contributed by atoms with E-state index in [1.807, 2.05) is 0 Å². The second-order valence-electron chi connectivity index (χ2n) is 2.91. The van der Waals surface area contributed by atoms with Crippen LogP contribution in [0.15, 0.2) is 36.7 Å². The van der Waals surface area contributed by atoms with Crippen LogP contribution in [0.25, 0.3) is 5.69 Å². The van der Waals surface area contributed by atoms with Crippen LogP contribution in [0.5, 0.6) is 5.75 Å². The summed E-state index contributed by atoms with van der Waals surface area (Å²) >= 11 is 0. The maximum absolute atomic E-state index is 12.7. The van der Waals surface area contributed by atoms with Gasteiger partial charge >= 0.3 is 0 Å². The molecule has 0 atom stereocenters. The summed E-state index contributed by atoms with van der Waals surface area (Å²) in [5, 5.41) is 4.05. The summed E-state index contributed by atoms with van der Waals surface area (Å²) in [5.74, 6) is 0.311. The second-order valence-corrected chi connectivity index (χ2v) is 2.91. The number of nitrogens with zero attached hydrogens (tertiary/aromatic N) is 2. The molecule has 2 rings (SSSR count). The summed E-state index contributed by atoms with van der Waals surface area (Å²) in [6, 6.07) is 6.02. The lowest BCUT2D eigenvalue weighted by Crippen LogP contribution is -2.06. The third-order valence-corrected chi connectivity index (χ3v) is 1.90. The van der Waals surface area contributed by atoms with E-state index in [-0.39, 0.29) is 12.5 Å². The van der Waals surface area contributed by atoms with Crippen molar-refractivity contribution in [3.63, 3.8) is 0 Å². The van der Waals surface area contributed by atoms with E-state index in [0.717, 1.165) is 5.69 Å². The molecule has 0 unspecified atom stereocenters. The first-order valence-electron chi connectivity index (χ1n) is 4.43. The number of nitrogens with two attached hydrogens (primary N) is 1. The van der Waals surface area contributed by atoms with Crippen LogP contribution >= 0.6 is 0 Å². The van der Waals surface area contributed by atoms with Gasteiger partial charge in [-0.05, 0) is 24.3 Å². The normalized spacial score (nSPS) is 10.3. The molecule has 0 saturated carbocycles. The monoisotopic (exact) mass is 207 g/mol. The van der Waals surface area contributed by atoms with Crippen molar-refractivity contribution in [3.05, 3.63) is 42.5 Å². The van der Waals surface area contributed by atoms with E-state index in [1.165, 1.54) is 12.1 Å². The van der Waals surface area contributed by atoms with Crippen LogP contribution in [-0.2, 0) is 0 Å². The topological polar surface area (TPSA) is 53.1 Å². The van der Waals surface area contributed by atoms with Gasteiger partial charge in [-0.3, -0.25) is 5.73 Å². The fraction of sp³-hybridized carbons (Fsp3) is 0.100. The number of hydrogen-bond donors (Lipinski definition) is 1. The van der Waals surface area contributed by atoms with Crippen LogP contribution in [0.3, 0.4) is 0 Å². The van der Waals surface area contributed by atoms with Gasteiger partial charge in [-0.25, -0.2) is 9.07 Å². The zero-order chi connectivity index (χ0) is 10.7. The Morgan fingerprint density at radius 3 is 2.73 bits per heavy atom. The first-order valence-corrected chi connectivity index (χ1v) is 4.43. The zero-order valence-electron chi connectivity index (χ0n) is 7.93. The largest absolute Gasteiger partial charge is 0.475 e. The molecule has 0 bridgehead atoms. The molecule has 1 aromatic heterocycles. The van der Waals surface area contributed by atoms with Crippen LogP contribution in [-0.4, -0.2) is 16.5 Å². The van der Waals surface area contributed by atoms with Gasteiger partial charge < -0.3 is 4.74 Å². The summed E-state index contributed by atoms with van der Waals surface area (Å²) in [6.45, 7) is 0.106. The average Bonchev–Trinajstić information content (AvgIpc) is 2.68. The molecule has 1 aromatic carbocycles. The van der Waals surface area contributed by atoms with Gasteiger partial charge in [-0.1, -0.05) is 0 Å². The molecule has 0 amide bonds. The molecule has 0 fully saturated rings. The molecule has 0 aliphatic rings. The van der Waals surface area contributed by atoms with Crippen molar-refractivity contribution in [3.8, 4) is 11.4 Å². The first-order chi connectivity index (χ1) is 7.29. The molecule has 15 heavy (non-hydrogen) atoms. The molecular weight excluding hydrogens is 197 g/mol. The highest BCUT2D eigenvalue weighted by Crippen LogP contribution is 2.13. The van der Waals surface area contributed by atoms with E-state index in [0.29, 0.717) is 5.75 Å². The Morgan fingerprint density at radius 2 is 2.07 bits per heavy atom. The van der Waals surface area contributed by atoms with Gasteiger partial charge in [0.2, 0.25) is 0 Å². The molecule has 2 N–H and O–H groups in total. The van der Waals surface area contributed by atoms with Gasteiger partial charge in [0.05, 0.1) is 18.1 Å². The highest BCUT2D eigenvalue weighted by atomic mass is 19.1. The third kappa shape index (κ3) is 2.13. The van der Waals surface area contributed by atoms with Crippen molar-refractivity contribution in [1.29, 1.82) is 0 Å². The quantitative estimate of drug-likeness (QED) is 0.772. The van der Waals surface area contributed by atoms with E-state index >= 15 is 0 Å². The van der Waals surface area contributed by atoms with Gasteiger partial charge in [0.1, 0.15) is 12.5 Å². The fourth-order valence-electron chi connectivity index (χ4n) is 1.21. The van der Waals surface area contributed by atoms with E-state index in [4.69, 9.17) is 10.5 Å². The highest BCUT2D eigenvalue weighted by Gasteiger charge is 2.00. The molecule has 5 heteroatoms. The Balaban J connectivity index is 2.25. The smallest absolute Gasteiger partial charge is 0.159 e. The lowest BCUT2D eigenvalue weighted by Gasteiger charge is -2.00. The van der Waals surface area contributed by atoms with Crippen molar-refractivity contribution in [2.75, 3.05) is 6.73 Å². The third-order valence-electron chi connectivity index (χ3n) is 1.90. The predicted octanol–water partition coefficient (Wildman–Crippen LogP) is 1.31. The first kappa shape index (κ1) is 9.67. The highest BCUT2D eigenvalue weighted by molar-refractivity contribution is 5.32. The molecule has 1 heterocycles. The molecular formula is C10H10FN3O. The summed E-state index contributed by atoms with van der Waals surface area (Å²) in [5.41, 5.74) is 5.99. The van der Waals surface area contributed by atoms with Crippen molar-refractivity contribution in [1.82, 2.24) is 9.78 Å². The summed E-state index contributed by atoms with van der Waals surface area (Å²) in [4.78, 5) is 0. The Kier molecular flexibility index (Phi) is 2.64. The zero-order valence-corrected chi connectivity index (χ0v) is 7.93. The fourth-order valence-corrected chi connectivity index (χ4v) is 1.21. The van der Waals surface area contributed by atoms with E-state index in [1.54, 1.807) is 29.2 Å². The minimum atomic E-state index is -0.274. The van der Waals surface area contributed by atoms with E-state index < -0.39 is 0 Å². The molecule has 4 nitrogen and oxygen atoms in total. The Hall–Kier alpha value is -1.88. The van der Waals surface area contributed by atoms with Crippen LogP contribution in [0.2, 0.25) is 0 Å². The molecule has 0 aliphatic carbocycles. The summed E-state index contributed by atoms with van der Waals surface area (Å²) in [7, 11) is 0. The predicted molar refractivity (Wildman–Crippen MR) is 53.2 cm³/mol. The lowest BCUT2D eigenvalue weighted by atomic mass is 10.3. The standard InChI is InChI=1S/C10H10FN3O/c11-8-1-3-9(4-2-8)14-6-10(5-13-14)15-7-12/h1-6H,7,12H2. The van der Waals surface area contributed by atoms with Crippen molar-refractivity contribution < 1.29 is 9.13 Å². The Morgan fingerprint density at radius 1 is 1.33 bits per heavy atom.